The maximum absolute atomic E-state index is 13.3. The zero-order chi connectivity index (χ0) is 15.6. The molecule has 0 heterocycles. The van der Waals surface area contributed by atoms with E-state index in [0.29, 0.717) is 5.69 Å². The molecule has 0 aliphatic rings. The minimum Gasteiger partial charge on any atom is -0.392 e. The monoisotopic (exact) mass is 309 g/mol. The van der Waals surface area contributed by atoms with Crippen LogP contribution in [0.4, 0.5) is 10.1 Å². The highest BCUT2D eigenvalue weighted by Gasteiger charge is 2.19. The molecule has 0 bridgehead atoms. The van der Waals surface area contributed by atoms with Gasteiger partial charge in [0.1, 0.15) is 5.82 Å². The van der Waals surface area contributed by atoms with Crippen molar-refractivity contribution < 1.29 is 17.9 Å². The summed E-state index contributed by atoms with van der Waals surface area (Å²) in [5.74, 6) is -0.673. The summed E-state index contributed by atoms with van der Waals surface area (Å²) in [6.45, 7) is 3.22. The summed E-state index contributed by atoms with van der Waals surface area (Å²) in [5.41, 5.74) is 2.37. The summed E-state index contributed by atoms with van der Waals surface area (Å²) in [6, 6.07) is 8.55. The van der Waals surface area contributed by atoms with Crippen molar-refractivity contribution in [3.8, 4) is 0 Å². The highest BCUT2D eigenvalue weighted by atomic mass is 32.2. The standard InChI is InChI=1S/C15H16FNO3S/c1-10-5-11(2)7-14(6-10)17-21(19,20)15-8-13(16)4-3-12(15)9-18/h3-8,17-18H,9H2,1-2H3. The van der Waals surface area contributed by atoms with Crippen molar-refractivity contribution >= 4 is 15.7 Å². The molecule has 0 unspecified atom stereocenters. The largest absolute Gasteiger partial charge is 0.392 e. The third-order valence-corrected chi connectivity index (χ3v) is 4.43. The van der Waals surface area contributed by atoms with E-state index in [4.69, 9.17) is 0 Å². The third kappa shape index (κ3) is 3.59. The van der Waals surface area contributed by atoms with Crippen LogP contribution < -0.4 is 4.72 Å². The Kier molecular flexibility index (Phi) is 4.29. The van der Waals surface area contributed by atoms with Gasteiger partial charge in [0.25, 0.3) is 10.0 Å². The van der Waals surface area contributed by atoms with Gasteiger partial charge in [-0.15, -0.1) is 0 Å². The van der Waals surface area contributed by atoms with E-state index in [1.807, 2.05) is 19.9 Å². The van der Waals surface area contributed by atoms with E-state index in [1.165, 1.54) is 6.07 Å². The summed E-state index contributed by atoms with van der Waals surface area (Å²) in [6.07, 6.45) is 0. The summed E-state index contributed by atoms with van der Waals surface area (Å²) < 4.78 is 40.5. The van der Waals surface area contributed by atoms with Crippen molar-refractivity contribution in [2.75, 3.05) is 4.72 Å². The van der Waals surface area contributed by atoms with Gasteiger partial charge < -0.3 is 5.11 Å². The molecule has 0 aliphatic carbocycles. The molecule has 0 spiro atoms. The second-order valence-electron chi connectivity index (χ2n) is 4.89. The number of hydrogen-bond acceptors (Lipinski definition) is 3. The number of anilines is 1. The van der Waals surface area contributed by atoms with Gasteiger partial charge in [-0.3, -0.25) is 4.72 Å². The van der Waals surface area contributed by atoms with Gasteiger partial charge in [-0.05, 0) is 54.8 Å². The number of sulfonamides is 1. The van der Waals surface area contributed by atoms with E-state index in [0.717, 1.165) is 23.3 Å². The van der Waals surface area contributed by atoms with Crippen LogP contribution in [0, 0.1) is 19.7 Å². The maximum atomic E-state index is 13.3. The Morgan fingerprint density at radius 1 is 1.10 bits per heavy atom. The quantitative estimate of drug-likeness (QED) is 0.912. The van der Waals surface area contributed by atoms with Crippen molar-refractivity contribution in [1.29, 1.82) is 0 Å². The molecule has 2 N–H and O–H groups in total. The van der Waals surface area contributed by atoms with Crippen molar-refractivity contribution in [2.24, 2.45) is 0 Å². The maximum Gasteiger partial charge on any atom is 0.262 e. The fraction of sp³-hybridized carbons (Fsp3) is 0.200. The van der Waals surface area contributed by atoms with Crippen molar-refractivity contribution in [3.05, 3.63) is 58.9 Å². The van der Waals surface area contributed by atoms with Gasteiger partial charge in [-0.1, -0.05) is 12.1 Å². The molecular weight excluding hydrogens is 293 g/mol. The second-order valence-corrected chi connectivity index (χ2v) is 6.54. The lowest BCUT2D eigenvalue weighted by molar-refractivity contribution is 0.278. The molecule has 21 heavy (non-hydrogen) atoms. The Hall–Kier alpha value is -1.92. The van der Waals surface area contributed by atoms with E-state index in [9.17, 15) is 17.9 Å². The molecule has 0 aliphatic heterocycles. The first-order valence-corrected chi connectivity index (χ1v) is 7.80. The summed E-state index contributed by atoms with van der Waals surface area (Å²) >= 11 is 0. The van der Waals surface area contributed by atoms with E-state index in [-0.39, 0.29) is 10.5 Å². The number of aliphatic hydroxyl groups excluding tert-OH is 1. The van der Waals surface area contributed by atoms with Crippen molar-refractivity contribution in [3.63, 3.8) is 0 Å². The van der Waals surface area contributed by atoms with Crippen LogP contribution in [-0.2, 0) is 16.6 Å². The number of aryl methyl sites for hydroxylation is 2. The van der Waals surface area contributed by atoms with Crippen molar-refractivity contribution in [2.45, 2.75) is 25.3 Å². The summed E-state index contributed by atoms with van der Waals surface area (Å²) in [4.78, 5) is -0.260. The van der Waals surface area contributed by atoms with E-state index in [1.54, 1.807) is 12.1 Å². The number of aliphatic hydroxyl groups is 1. The van der Waals surface area contributed by atoms with E-state index >= 15 is 0 Å². The number of rotatable bonds is 4. The molecule has 2 aromatic rings. The van der Waals surface area contributed by atoms with Crippen LogP contribution in [0.15, 0.2) is 41.3 Å². The topological polar surface area (TPSA) is 66.4 Å². The molecule has 6 heteroatoms. The number of hydrogen-bond donors (Lipinski definition) is 2. The van der Waals surface area contributed by atoms with Gasteiger partial charge >= 0.3 is 0 Å². The van der Waals surface area contributed by atoms with Crippen molar-refractivity contribution in [1.82, 2.24) is 0 Å². The van der Waals surface area contributed by atoms with Gasteiger partial charge in [0, 0.05) is 5.69 Å². The van der Waals surface area contributed by atoms with E-state index < -0.39 is 22.4 Å². The molecule has 0 saturated heterocycles. The second kappa shape index (κ2) is 5.83. The first-order valence-electron chi connectivity index (χ1n) is 6.32. The van der Waals surface area contributed by atoms with Crippen LogP contribution in [0.2, 0.25) is 0 Å². The van der Waals surface area contributed by atoms with Gasteiger partial charge in [-0.2, -0.15) is 0 Å². The lowest BCUT2D eigenvalue weighted by atomic mass is 10.1. The normalized spacial score (nSPS) is 11.4. The predicted molar refractivity (Wildman–Crippen MR) is 79.0 cm³/mol. The number of nitrogens with one attached hydrogen (secondary N) is 1. The lowest BCUT2D eigenvalue weighted by Crippen LogP contribution is -2.15. The van der Waals surface area contributed by atoms with Gasteiger partial charge in [0.15, 0.2) is 0 Å². The molecule has 2 rings (SSSR count). The highest BCUT2D eigenvalue weighted by molar-refractivity contribution is 7.92. The SMILES string of the molecule is Cc1cc(C)cc(NS(=O)(=O)c2cc(F)ccc2CO)c1. The molecule has 4 nitrogen and oxygen atoms in total. The Morgan fingerprint density at radius 3 is 2.29 bits per heavy atom. The minimum absolute atomic E-state index is 0.147. The number of benzene rings is 2. The lowest BCUT2D eigenvalue weighted by Gasteiger charge is -2.12. The molecule has 112 valence electrons. The Morgan fingerprint density at radius 2 is 1.71 bits per heavy atom. The van der Waals surface area contributed by atoms with Crippen LogP contribution in [0.5, 0.6) is 0 Å². The molecule has 2 aromatic carbocycles. The van der Waals surface area contributed by atoms with Crippen LogP contribution in [0.3, 0.4) is 0 Å². The smallest absolute Gasteiger partial charge is 0.262 e. The minimum atomic E-state index is -3.96. The average Bonchev–Trinajstić information content (AvgIpc) is 2.36. The zero-order valence-electron chi connectivity index (χ0n) is 11.7. The van der Waals surface area contributed by atoms with Gasteiger partial charge in [0.05, 0.1) is 11.5 Å². The fourth-order valence-electron chi connectivity index (χ4n) is 2.15. The first kappa shape index (κ1) is 15.5. The van der Waals surface area contributed by atoms with Crippen LogP contribution >= 0.6 is 0 Å². The Labute approximate surface area is 123 Å². The summed E-state index contributed by atoms with van der Waals surface area (Å²) in [7, 11) is -3.96. The molecule has 0 amide bonds. The highest BCUT2D eigenvalue weighted by Crippen LogP contribution is 2.22. The molecule has 0 fully saturated rings. The molecule has 0 saturated carbocycles. The average molecular weight is 309 g/mol. The van der Waals surface area contributed by atoms with Crippen LogP contribution in [-0.4, -0.2) is 13.5 Å². The van der Waals surface area contributed by atoms with Crippen LogP contribution in [0.1, 0.15) is 16.7 Å². The molecule has 0 radical (unpaired) electrons. The Balaban J connectivity index is 2.45. The fourth-order valence-corrected chi connectivity index (χ4v) is 3.44. The Bertz CT molecular complexity index is 752. The summed E-state index contributed by atoms with van der Waals surface area (Å²) in [5, 5.41) is 9.21. The number of halogens is 1. The molecule has 0 atom stereocenters. The zero-order valence-corrected chi connectivity index (χ0v) is 12.5. The molecular formula is C15H16FNO3S. The predicted octanol–water partition coefficient (Wildman–Crippen LogP) is 2.74. The van der Waals surface area contributed by atoms with Gasteiger partial charge in [0.2, 0.25) is 0 Å². The molecule has 0 aromatic heterocycles. The third-order valence-electron chi connectivity index (χ3n) is 2.96. The van der Waals surface area contributed by atoms with E-state index in [2.05, 4.69) is 4.72 Å². The van der Waals surface area contributed by atoms with Crippen LogP contribution in [0.25, 0.3) is 0 Å². The first-order chi connectivity index (χ1) is 9.81. The van der Waals surface area contributed by atoms with Gasteiger partial charge in [-0.25, -0.2) is 12.8 Å².